The maximum Gasteiger partial charge on any atom is 0.411 e. The van der Waals surface area contributed by atoms with Crippen molar-refractivity contribution in [2.45, 2.75) is 48.3 Å². The number of carbonyl (C=O) groups excluding carboxylic acids is 1. The average molecular weight is 424 g/mol. The maximum atomic E-state index is 11.8. The first-order valence-electron chi connectivity index (χ1n) is 9.81. The maximum absolute atomic E-state index is 11.8. The molecule has 2 aromatic heterocycles. The van der Waals surface area contributed by atoms with Gasteiger partial charge in [0.15, 0.2) is 0 Å². The van der Waals surface area contributed by atoms with Crippen molar-refractivity contribution in [1.82, 2.24) is 25.2 Å². The number of carbonyl (C=O) groups is 1. The Balaban J connectivity index is 1.33. The lowest BCUT2D eigenvalue weighted by Crippen LogP contribution is -2.29. The van der Waals surface area contributed by atoms with Crippen LogP contribution in [0.5, 0.6) is 0 Å². The number of imidazole rings is 1. The lowest BCUT2D eigenvalue weighted by atomic mass is 10.3. The number of hydrogen-bond donors (Lipinski definition) is 3. The molecule has 0 spiro atoms. The third kappa shape index (κ3) is 4.39. The summed E-state index contributed by atoms with van der Waals surface area (Å²) in [7, 11) is 0. The zero-order valence-corrected chi connectivity index (χ0v) is 17.1. The molecular weight excluding hydrogens is 402 g/mol. The highest BCUT2D eigenvalue weighted by molar-refractivity contribution is 7.99. The molecule has 2 fully saturated rings. The number of ether oxygens (including phenoxy) is 1. The minimum Gasteiger partial charge on any atom is -0.446 e. The number of amides is 1. The summed E-state index contributed by atoms with van der Waals surface area (Å²) < 4.78 is 7.06. The fourth-order valence-corrected chi connectivity index (χ4v) is 3.83. The molecule has 1 atom stereocenters. The van der Waals surface area contributed by atoms with Gasteiger partial charge in [0, 0.05) is 41.5 Å². The summed E-state index contributed by atoms with van der Waals surface area (Å²) in [4.78, 5) is 26.5. The third-order valence-corrected chi connectivity index (χ3v) is 5.59. The number of anilines is 1. The standard InChI is InChI=1S/C20H21N7O2S/c1-12-10-16(26-25-12)23-19-24-18(11-17-21-8-9-27(17)19)30-15-6-2-13(3-7-15)22-20(28)29-14-4-5-14/h2-3,6-9,11-12,14,25H,4-5,10H2,1H3,(H,22,28)(H,23,24,26). The number of rotatable bonds is 5. The van der Waals surface area contributed by atoms with E-state index in [1.165, 1.54) is 11.8 Å². The molecule has 5 rings (SSSR count). The van der Waals surface area contributed by atoms with Crippen LogP contribution >= 0.6 is 11.8 Å². The van der Waals surface area contributed by atoms with Gasteiger partial charge >= 0.3 is 6.09 Å². The predicted molar refractivity (Wildman–Crippen MR) is 114 cm³/mol. The number of aliphatic imine (C=N–C) groups is 1. The van der Waals surface area contributed by atoms with Crippen molar-refractivity contribution in [3.05, 3.63) is 42.7 Å². The fourth-order valence-electron chi connectivity index (χ4n) is 3.02. The quantitative estimate of drug-likeness (QED) is 0.539. The van der Waals surface area contributed by atoms with E-state index in [0.29, 0.717) is 17.7 Å². The van der Waals surface area contributed by atoms with Gasteiger partial charge in [-0.3, -0.25) is 9.72 Å². The van der Waals surface area contributed by atoms with Crippen molar-refractivity contribution in [2.75, 3.05) is 5.32 Å². The molecule has 154 valence electrons. The second-order valence-electron chi connectivity index (χ2n) is 7.34. The number of nitrogens with one attached hydrogen (secondary N) is 3. The molecule has 1 aromatic carbocycles. The number of amidine groups is 1. The Bertz CT molecular complexity index is 1110. The van der Waals surface area contributed by atoms with E-state index < -0.39 is 6.09 Å². The first-order chi connectivity index (χ1) is 14.6. The number of hydrogen-bond acceptors (Lipinski definition) is 7. The van der Waals surface area contributed by atoms with Crippen molar-refractivity contribution < 1.29 is 9.53 Å². The van der Waals surface area contributed by atoms with Crippen LogP contribution in [0, 0.1) is 0 Å². The lowest BCUT2D eigenvalue weighted by Gasteiger charge is -2.08. The Morgan fingerprint density at radius 3 is 2.90 bits per heavy atom. The van der Waals surface area contributed by atoms with Crippen molar-refractivity contribution in [2.24, 2.45) is 4.99 Å². The van der Waals surface area contributed by atoms with E-state index in [1.807, 2.05) is 40.9 Å². The highest BCUT2D eigenvalue weighted by Crippen LogP contribution is 2.30. The Morgan fingerprint density at radius 1 is 1.33 bits per heavy atom. The van der Waals surface area contributed by atoms with E-state index in [0.717, 1.165) is 40.7 Å². The van der Waals surface area contributed by atoms with Crippen LogP contribution in [0.25, 0.3) is 5.65 Å². The van der Waals surface area contributed by atoms with Gasteiger partial charge in [-0.05, 0) is 44.0 Å². The van der Waals surface area contributed by atoms with E-state index in [2.05, 4.69) is 33.1 Å². The molecule has 3 N–H and O–H groups in total. The van der Waals surface area contributed by atoms with Gasteiger partial charge in [0.05, 0.1) is 0 Å². The highest BCUT2D eigenvalue weighted by Gasteiger charge is 2.25. The molecule has 0 radical (unpaired) electrons. The second kappa shape index (κ2) is 7.96. The van der Waals surface area contributed by atoms with E-state index in [-0.39, 0.29) is 6.10 Å². The van der Waals surface area contributed by atoms with Gasteiger partial charge in [0.2, 0.25) is 5.95 Å². The van der Waals surface area contributed by atoms with Gasteiger partial charge < -0.3 is 10.2 Å². The first-order valence-corrected chi connectivity index (χ1v) is 10.6. The Labute approximate surface area is 177 Å². The predicted octanol–water partition coefficient (Wildman–Crippen LogP) is 3.51. The fraction of sp³-hybridized carbons (Fsp3) is 0.300. The summed E-state index contributed by atoms with van der Waals surface area (Å²) in [6.45, 7) is 2.09. The van der Waals surface area contributed by atoms with Crippen LogP contribution in [0.3, 0.4) is 0 Å². The molecule has 1 aliphatic carbocycles. The number of aromatic nitrogens is 3. The molecule has 3 aromatic rings. The topological polar surface area (TPSA) is 105 Å². The zero-order valence-electron chi connectivity index (χ0n) is 16.3. The largest absolute Gasteiger partial charge is 0.446 e. The van der Waals surface area contributed by atoms with Crippen LogP contribution in [-0.4, -0.2) is 38.4 Å². The van der Waals surface area contributed by atoms with Crippen molar-refractivity contribution >= 4 is 41.0 Å². The molecule has 2 aliphatic rings. The normalized spacial score (nSPS) is 19.8. The summed E-state index contributed by atoms with van der Waals surface area (Å²) in [6, 6.07) is 9.82. The van der Waals surface area contributed by atoms with Crippen LogP contribution in [0.15, 0.2) is 57.6 Å². The summed E-state index contributed by atoms with van der Waals surface area (Å²) in [5.41, 5.74) is 7.72. The number of nitrogens with zero attached hydrogens (tertiary/aromatic N) is 4. The molecule has 10 heteroatoms. The van der Waals surface area contributed by atoms with Gasteiger partial charge in [-0.25, -0.2) is 20.2 Å². The molecule has 1 amide bonds. The summed E-state index contributed by atoms with van der Waals surface area (Å²) >= 11 is 1.51. The minimum atomic E-state index is -0.405. The SMILES string of the molecule is CC1C/C(=N\c2nc(Sc3ccc(NC(=O)OC4CC4)cc3)cc3nccn23)NN1. The van der Waals surface area contributed by atoms with Gasteiger partial charge in [0.1, 0.15) is 22.6 Å². The average Bonchev–Trinajstić information content (AvgIpc) is 3.22. The molecule has 0 bridgehead atoms. The Kier molecular flexibility index (Phi) is 5.01. The molecule has 1 aliphatic heterocycles. The summed E-state index contributed by atoms with van der Waals surface area (Å²) in [5.74, 6) is 1.42. The lowest BCUT2D eigenvalue weighted by molar-refractivity contribution is 0.154. The zero-order chi connectivity index (χ0) is 20.5. The van der Waals surface area contributed by atoms with Crippen LogP contribution < -0.4 is 16.2 Å². The molecule has 1 unspecified atom stereocenters. The van der Waals surface area contributed by atoms with Gasteiger partial charge in [-0.2, -0.15) is 4.99 Å². The monoisotopic (exact) mass is 423 g/mol. The van der Waals surface area contributed by atoms with Crippen LogP contribution in [0.2, 0.25) is 0 Å². The molecular formula is C20H21N7O2S. The third-order valence-electron chi connectivity index (χ3n) is 4.67. The Hall–Kier alpha value is -3.11. The van der Waals surface area contributed by atoms with Gasteiger partial charge in [0.25, 0.3) is 0 Å². The smallest absolute Gasteiger partial charge is 0.411 e. The first kappa shape index (κ1) is 18.9. The van der Waals surface area contributed by atoms with Gasteiger partial charge in [-0.15, -0.1) is 0 Å². The molecule has 30 heavy (non-hydrogen) atoms. The number of hydrazine groups is 1. The van der Waals surface area contributed by atoms with Crippen molar-refractivity contribution in [3.63, 3.8) is 0 Å². The molecule has 1 saturated heterocycles. The van der Waals surface area contributed by atoms with E-state index in [4.69, 9.17) is 9.72 Å². The van der Waals surface area contributed by atoms with E-state index in [9.17, 15) is 4.79 Å². The van der Waals surface area contributed by atoms with Gasteiger partial charge in [-0.1, -0.05) is 11.8 Å². The summed E-state index contributed by atoms with van der Waals surface area (Å²) in [6.07, 6.45) is 5.98. The molecule has 3 heterocycles. The number of benzene rings is 1. The van der Waals surface area contributed by atoms with Crippen LogP contribution in [0.4, 0.5) is 16.4 Å². The number of fused-ring (bicyclic) bond motifs is 1. The second-order valence-corrected chi connectivity index (χ2v) is 8.43. The van der Waals surface area contributed by atoms with Crippen molar-refractivity contribution in [1.29, 1.82) is 0 Å². The van der Waals surface area contributed by atoms with Crippen LogP contribution in [-0.2, 0) is 4.74 Å². The molecule has 1 saturated carbocycles. The summed E-state index contributed by atoms with van der Waals surface area (Å²) in [5, 5.41) is 3.54. The highest BCUT2D eigenvalue weighted by atomic mass is 32.2. The van der Waals surface area contributed by atoms with E-state index >= 15 is 0 Å². The van der Waals surface area contributed by atoms with E-state index in [1.54, 1.807) is 6.20 Å². The molecule has 9 nitrogen and oxygen atoms in total. The Morgan fingerprint density at radius 2 is 2.17 bits per heavy atom. The van der Waals surface area contributed by atoms with Crippen LogP contribution in [0.1, 0.15) is 26.2 Å². The van der Waals surface area contributed by atoms with Crippen molar-refractivity contribution in [3.8, 4) is 0 Å². The minimum absolute atomic E-state index is 0.0830.